The van der Waals surface area contributed by atoms with E-state index in [2.05, 4.69) is 42.2 Å². The largest absolute Gasteiger partial charge is 0.364 e. The first-order valence-corrected chi connectivity index (χ1v) is 14.2. The summed E-state index contributed by atoms with van der Waals surface area (Å²) in [6.45, 7) is 1.23. The summed E-state index contributed by atoms with van der Waals surface area (Å²) in [4.78, 5) is 45.4. The van der Waals surface area contributed by atoms with Crippen molar-refractivity contribution in [1.29, 1.82) is 0 Å². The summed E-state index contributed by atoms with van der Waals surface area (Å²) in [7, 11) is 0. The van der Waals surface area contributed by atoms with Crippen LogP contribution in [0.3, 0.4) is 0 Å². The molecule has 2 N–H and O–H groups in total. The Balaban J connectivity index is 0.962. The van der Waals surface area contributed by atoms with Crippen LogP contribution in [-0.4, -0.2) is 42.7 Å². The minimum Gasteiger partial charge on any atom is -0.364 e. The van der Waals surface area contributed by atoms with Crippen LogP contribution in [0.5, 0.6) is 0 Å². The quantitative estimate of drug-likeness (QED) is 0.332. The van der Waals surface area contributed by atoms with Gasteiger partial charge in [-0.3, -0.25) is 14.6 Å². The van der Waals surface area contributed by atoms with Gasteiger partial charge in [0.1, 0.15) is 18.0 Å². The van der Waals surface area contributed by atoms with Crippen LogP contribution in [0.15, 0.2) is 49.2 Å². The molecule has 4 atom stereocenters. The van der Waals surface area contributed by atoms with Crippen LogP contribution < -0.4 is 15.5 Å². The second kappa shape index (κ2) is 8.99. The monoisotopic (exact) mass is 554 g/mol. The molecular weight excluding hydrogens is 528 g/mol. The van der Waals surface area contributed by atoms with E-state index in [1.807, 2.05) is 17.2 Å². The van der Waals surface area contributed by atoms with E-state index in [0.717, 1.165) is 42.1 Å². The average Bonchev–Trinajstić information content (AvgIpc) is 3.85. The van der Waals surface area contributed by atoms with Crippen LogP contribution >= 0.6 is 11.6 Å². The number of pyridine rings is 2. The van der Waals surface area contributed by atoms with Gasteiger partial charge in [-0.2, -0.15) is 0 Å². The van der Waals surface area contributed by atoms with Crippen molar-refractivity contribution in [2.45, 2.75) is 44.1 Å². The SMILES string of the molecule is O=C(Nc1cc(NCc2cn3cc(C4CC4)cc(N4CC5CC5C4=O)c3n2)ncn1)[C@H]1C[C@@H]1c1cc(Cl)ccn1. The van der Waals surface area contributed by atoms with Crippen molar-refractivity contribution >= 4 is 46.4 Å². The minimum atomic E-state index is -0.154. The Morgan fingerprint density at radius 2 is 1.93 bits per heavy atom. The van der Waals surface area contributed by atoms with Gasteiger partial charge in [0.05, 0.1) is 17.9 Å². The molecule has 3 saturated carbocycles. The van der Waals surface area contributed by atoms with Gasteiger partial charge < -0.3 is 19.9 Å². The molecule has 1 saturated heterocycles. The fraction of sp³-hybridized carbons (Fsp3) is 0.379. The number of halogens is 1. The summed E-state index contributed by atoms with van der Waals surface area (Å²) < 4.78 is 2.06. The molecule has 40 heavy (non-hydrogen) atoms. The van der Waals surface area contributed by atoms with E-state index in [1.165, 1.54) is 24.7 Å². The molecule has 2 unspecified atom stereocenters. The van der Waals surface area contributed by atoms with Gasteiger partial charge in [0.25, 0.3) is 0 Å². The van der Waals surface area contributed by atoms with Gasteiger partial charge in [-0.05, 0) is 61.3 Å². The molecule has 4 aromatic heterocycles. The molecule has 5 heterocycles. The van der Waals surface area contributed by atoms with E-state index in [1.54, 1.807) is 18.3 Å². The highest BCUT2D eigenvalue weighted by molar-refractivity contribution is 6.30. The van der Waals surface area contributed by atoms with Gasteiger partial charge in [-0.25, -0.2) is 15.0 Å². The van der Waals surface area contributed by atoms with Crippen LogP contribution in [0.4, 0.5) is 17.3 Å². The lowest BCUT2D eigenvalue weighted by molar-refractivity contribution is -0.119. The van der Waals surface area contributed by atoms with E-state index in [9.17, 15) is 9.59 Å². The van der Waals surface area contributed by atoms with Crippen molar-refractivity contribution in [3.8, 4) is 0 Å². The summed E-state index contributed by atoms with van der Waals surface area (Å²) in [6.07, 6.45) is 11.4. The molecule has 0 bridgehead atoms. The van der Waals surface area contributed by atoms with Gasteiger partial charge in [0, 0.05) is 59.7 Å². The Morgan fingerprint density at radius 3 is 2.73 bits per heavy atom. The first-order valence-electron chi connectivity index (χ1n) is 13.8. The molecule has 0 spiro atoms. The first kappa shape index (κ1) is 23.8. The lowest BCUT2D eigenvalue weighted by atomic mass is 10.1. The van der Waals surface area contributed by atoms with Crippen molar-refractivity contribution in [1.82, 2.24) is 24.3 Å². The summed E-state index contributed by atoms with van der Waals surface area (Å²) in [5, 5.41) is 6.82. The molecule has 0 aromatic carbocycles. The maximum Gasteiger partial charge on any atom is 0.230 e. The van der Waals surface area contributed by atoms with Crippen molar-refractivity contribution in [3.63, 3.8) is 0 Å². The number of rotatable bonds is 8. The fourth-order valence-corrected chi connectivity index (χ4v) is 6.10. The van der Waals surface area contributed by atoms with Crippen LogP contribution in [0, 0.1) is 17.8 Å². The number of carbonyl (C=O) groups excluding carboxylic acids is 2. The first-order chi connectivity index (χ1) is 19.5. The van der Waals surface area contributed by atoms with E-state index in [0.29, 0.717) is 35.0 Å². The lowest BCUT2D eigenvalue weighted by Gasteiger charge is -2.20. The zero-order valence-corrected chi connectivity index (χ0v) is 22.4. The van der Waals surface area contributed by atoms with E-state index >= 15 is 0 Å². The molecule has 0 radical (unpaired) electrons. The summed E-state index contributed by atoms with van der Waals surface area (Å²) in [6, 6.07) is 7.43. The molecule has 202 valence electrons. The summed E-state index contributed by atoms with van der Waals surface area (Å²) >= 11 is 6.07. The number of nitrogens with one attached hydrogen (secondary N) is 2. The van der Waals surface area contributed by atoms with E-state index in [4.69, 9.17) is 16.6 Å². The van der Waals surface area contributed by atoms with Crippen LogP contribution in [0.2, 0.25) is 5.02 Å². The zero-order chi connectivity index (χ0) is 27.0. The maximum atomic E-state index is 12.9. The number of piperidine rings is 1. The molecule has 4 fully saturated rings. The molecule has 8 rings (SSSR count). The van der Waals surface area contributed by atoms with Gasteiger partial charge in [-0.1, -0.05) is 11.6 Å². The lowest BCUT2D eigenvalue weighted by Crippen LogP contribution is -2.28. The molecule has 3 aliphatic carbocycles. The number of aromatic nitrogens is 5. The van der Waals surface area contributed by atoms with E-state index in [-0.39, 0.29) is 29.6 Å². The third-order valence-electron chi connectivity index (χ3n) is 8.48. The van der Waals surface area contributed by atoms with Gasteiger partial charge >= 0.3 is 0 Å². The third kappa shape index (κ3) is 4.36. The Morgan fingerprint density at radius 1 is 1.05 bits per heavy atom. The number of fused-ring (bicyclic) bond motifs is 2. The Kier molecular flexibility index (Phi) is 5.35. The Bertz CT molecular complexity index is 1680. The molecule has 4 aromatic rings. The third-order valence-corrected chi connectivity index (χ3v) is 8.72. The molecular formula is C29H27ClN8O2. The fourth-order valence-electron chi connectivity index (χ4n) is 5.93. The molecule has 11 heteroatoms. The molecule has 10 nitrogen and oxygen atoms in total. The number of anilines is 3. The second-order valence-electron chi connectivity index (χ2n) is 11.4. The predicted molar refractivity (Wildman–Crippen MR) is 149 cm³/mol. The highest BCUT2D eigenvalue weighted by atomic mass is 35.5. The van der Waals surface area contributed by atoms with Crippen molar-refractivity contribution < 1.29 is 9.59 Å². The highest BCUT2D eigenvalue weighted by Crippen LogP contribution is 2.49. The van der Waals surface area contributed by atoms with E-state index < -0.39 is 0 Å². The zero-order valence-electron chi connectivity index (χ0n) is 21.6. The molecule has 1 aliphatic heterocycles. The number of hydrogen-bond donors (Lipinski definition) is 2. The second-order valence-corrected chi connectivity index (χ2v) is 11.9. The van der Waals surface area contributed by atoms with Crippen molar-refractivity contribution in [2.24, 2.45) is 17.8 Å². The molecule has 2 amide bonds. The normalized spacial score (nSPS) is 24.7. The van der Waals surface area contributed by atoms with Gasteiger partial charge in [-0.15, -0.1) is 0 Å². The Hall–Kier alpha value is -4.05. The summed E-state index contributed by atoms with van der Waals surface area (Å²) in [5.74, 6) is 2.35. The standard InChI is InChI=1S/C29H27ClN8O2/c30-18-3-4-31-23(7-18)21-8-22(21)28(39)36-26-9-25(33-14-34-26)32-10-19-13-37-11-16(15-1-2-15)6-24(27(37)35-19)38-12-17-5-20(17)29(38)40/h3-4,6-7,9,11,13-15,17,20-22H,1-2,5,8,10,12H2,(H2,32,33,34,36,39)/t17?,20?,21-,22-/m0/s1. The maximum absolute atomic E-state index is 12.9. The summed E-state index contributed by atoms with van der Waals surface area (Å²) in [5.41, 5.74) is 4.67. The van der Waals surface area contributed by atoms with Gasteiger partial charge in [0.15, 0.2) is 5.65 Å². The van der Waals surface area contributed by atoms with Gasteiger partial charge in [0.2, 0.25) is 11.8 Å². The number of amides is 2. The van der Waals surface area contributed by atoms with Crippen molar-refractivity contribution in [2.75, 3.05) is 22.1 Å². The van der Waals surface area contributed by atoms with Crippen molar-refractivity contribution in [3.05, 3.63) is 71.2 Å². The average molecular weight is 555 g/mol. The minimum absolute atomic E-state index is 0.0696. The molecule has 4 aliphatic rings. The highest BCUT2D eigenvalue weighted by Gasteiger charge is 2.53. The smallest absolute Gasteiger partial charge is 0.230 e. The Labute approximate surface area is 235 Å². The topological polar surface area (TPSA) is 117 Å². The van der Waals surface area contributed by atoms with Crippen LogP contribution in [0.25, 0.3) is 5.65 Å². The predicted octanol–water partition coefficient (Wildman–Crippen LogP) is 4.39. The van der Waals surface area contributed by atoms with Crippen LogP contribution in [-0.2, 0) is 16.1 Å². The number of hydrogen-bond acceptors (Lipinski definition) is 7. The van der Waals surface area contributed by atoms with Crippen LogP contribution in [0.1, 0.15) is 54.5 Å². The number of imidazole rings is 1. The number of carbonyl (C=O) groups is 2. The number of nitrogens with zero attached hydrogens (tertiary/aromatic N) is 6.